The number of amides is 2. The normalized spacial score (nSPS) is 22.1. The molecule has 0 bridgehead atoms. The number of aromatic nitrogens is 2. The topological polar surface area (TPSA) is 61.7 Å². The minimum absolute atomic E-state index is 0.00815. The molecular weight excluding hydrogens is 505 g/mol. The van der Waals surface area contributed by atoms with Gasteiger partial charge in [0.15, 0.2) is 0 Å². The van der Waals surface area contributed by atoms with E-state index in [0.717, 1.165) is 49.1 Å². The predicted octanol–water partition coefficient (Wildman–Crippen LogP) is 4.93. The van der Waals surface area contributed by atoms with Crippen LogP contribution in [0.3, 0.4) is 0 Å². The van der Waals surface area contributed by atoms with Gasteiger partial charge in [-0.1, -0.05) is 13.8 Å². The van der Waals surface area contributed by atoms with Crippen molar-refractivity contribution in [1.82, 2.24) is 24.3 Å². The van der Waals surface area contributed by atoms with Gasteiger partial charge < -0.3 is 14.4 Å². The van der Waals surface area contributed by atoms with Gasteiger partial charge in [0.05, 0.1) is 23.0 Å². The summed E-state index contributed by atoms with van der Waals surface area (Å²) in [6.45, 7) is 15.9. The maximum Gasteiger partial charge on any atom is 0.256 e. The number of halogens is 1. The zero-order valence-corrected chi connectivity index (χ0v) is 24.8. The summed E-state index contributed by atoms with van der Waals surface area (Å²) < 4.78 is 16.4. The highest BCUT2D eigenvalue weighted by atomic mass is 19.1. The van der Waals surface area contributed by atoms with Crippen LogP contribution in [0, 0.1) is 30.5 Å². The fourth-order valence-corrected chi connectivity index (χ4v) is 6.93. The first kappa shape index (κ1) is 28.3. The molecule has 0 N–H and O–H groups in total. The van der Waals surface area contributed by atoms with E-state index in [4.69, 9.17) is 0 Å². The summed E-state index contributed by atoms with van der Waals surface area (Å²) in [6.07, 6.45) is 6.78. The number of hydrogen-bond acceptors (Lipinski definition) is 4. The van der Waals surface area contributed by atoms with Crippen LogP contribution < -0.4 is 0 Å². The lowest BCUT2D eigenvalue weighted by Crippen LogP contribution is -2.62. The average molecular weight is 548 g/mol. The Balaban J connectivity index is 1.41. The number of benzene rings is 1. The molecule has 2 aliphatic heterocycles. The summed E-state index contributed by atoms with van der Waals surface area (Å²) in [5.41, 5.74) is 4.26. The summed E-state index contributed by atoms with van der Waals surface area (Å²) in [7, 11) is 1.75. The summed E-state index contributed by atoms with van der Waals surface area (Å²) in [6, 6.07) is 4.94. The fourth-order valence-electron chi connectivity index (χ4n) is 6.93. The van der Waals surface area contributed by atoms with E-state index in [2.05, 4.69) is 36.9 Å². The molecule has 1 aromatic carbocycles. The lowest BCUT2D eigenvalue weighted by molar-refractivity contribution is -0.134. The van der Waals surface area contributed by atoms with Crippen LogP contribution in [0.1, 0.15) is 56.1 Å². The largest absolute Gasteiger partial charge is 0.342 e. The Morgan fingerprint density at radius 2 is 1.77 bits per heavy atom. The highest BCUT2D eigenvalue weighted by molar-refractivity contribution is 5.99. The Labute approximate surface area is 236 Å². The monoisotopic (exact) mass is 547 g/mol. The van der Waals surface area contributed by atoms with Crippen molar-refractivity contribution in [2.75, 3.05) is 33.2 Å². The molecule has 8 heteroatoms. The van der Waals surface area contributed by atoms with Gasteiger partial charge in [-0.15, -0.1) is 0 Å². The second-order valence-corrected chi connectivity index (χ2v) is 12.4. The van der Waals surface area contributed by atoms with Crippen LogP contribution >= 0.6 is 0 Å². The first-order valence-corrected chi connectivity index (χ1v) is 14.5. The van der Waals surface area contributed by atoms with E-state index in [1.54, 1.807) is 24.9 Å². The van der Waals surface area contributed by atoms with E-state index < -0.39 is 5.82 Å². The van der Waals surface area contributed by atoms with Gasteiger partial charge in [-0.3, -0.25) is 19.5 Å². The van der Waals surface area contributed by atoms with E-state index in [0.29, 0.717) is 35.0 Å². The van der Waals surface area contributed by atoms with E-state index in [1.165, 1.54) is 17.7 Å². The van der Waals surface area contributed by atoms with Gasteiger partial charge in [-0.25, -0.2) is 4.39 Å². The van der Waals surface area contributed by atoms with E-state index >= 15 is 0 Å². The van der Waals surface area contributed by atoms with Gasteiger partial charge in [-0.2, -0.15) is 0 Å². The van der Waals surface area contributed by atoms with Crippen molar-refractivity contribution >= 4 is 22.7 Å². The Morgan fingerprint density at radius 3 is 2.40 bits per heavy atom. The highest BCUT2D eigenvalue weighted by Crippen LogP contribution is 2.36. The van der Waals surface area contributed by atoms with Crippen LogP contribution in [0.15, 0.2) is 36.8 Å². The van der Waals surface area contributed by atoms with Crippen molar-refractivity contribution in [2.45, 2.75) is 60.0 Å². The van der Waals surface area contributed by atoms with Crippen LogP contribution in [0.5, 0.6) is 0 Å². The SMILES string of the molecule is CC(=O)N1CC(C)C(N2CC(Cc3cn(-c4ccc(F)cc4C(=O)N(C)C(C)C)c4cncc(C)c34)C2)C(C)C1. The molecule has 3 aromatic rings. The number of pyridine rings is 1. The quantitative estimate of drug-likeness (QED) is 0.439. The molecule has 0 spiro atoms. The van der Waals surface area contributed by atoms with Gasteiger partial charge >= 0.3 is 0 Å². The van der Waals surface area contributed by atoms with Gasteiger partial charge in [0.2, 0.25) is 5.91 Å². The van der Waals surface area contributed by atoms with Gasteiger partial charge in [-0.05, 0) is 74.3 Å². The third kappa shape index (κ3) is 5.14. The molecule has 2 aliphatic rings. The number of aryl methyl sites for hydroxylation is 1. The van der Waals surface area contributed by atoms with E-state index in [-0.39, 0.29) is 17.9 Å². The van der Waals surface area contributed by atoms with Crippen LogP contribution in [-0.2, 0) is 11.2 Å². The number of nitrogens with zero attached hydrogens (tertiary/aromatic N) is 5. The summed E-state index contributed by atoms with van der Waals surface area (Å²) in [5, 5.41) is 1.16. The van der Waals surface area contributed by atoms with E-state index in [9.17, 15) is 14.0 Å². The molecule has 2 saturated heterocycles. The minimum Gasteiger partial charge on any atom is -0.342 e. The Kier molecular flexibility index (Phi) is 7.75. The number of likely N-dealkylation sites (tertiary alicyclic amines) is 2. The van der Waals surface area contributed by atoms with Crippen molar-refractivity contribution < 1.29 is 14.0 Å². The smallest absolute Gasteiger partial charge is 0.256 e. The predicted molar refractivity (Wildman–Crippen MR) is 156 cm³/mol. The van der Waals surface area contributed by atoms with E-state index in [1.807, 2.05) is 35.7 Å². The zero-order valence-electron chi connectivity index (χ0n) is 24.8. The third-order valence-electron chi connectivity index (χ3n) is 9.07. The fraction of sp³-hybridized carbons (Fsp3) is 0.531. The molecule has 40 heavy (non-hydrogen) atoms. The molecule has 2 fully saturated rings. The number of fused-ring (bicyclic) bond motifs is 1. The van der Waals surface area contributed by atoms with Gasteiger partial charge in [0.25, 0.3) is 5.91 Å². The lowest BCUT2D eigenvalue weighted by atomic mass is 9.80. The molecule has 0 aliphatic carbocycles. The van der Waals surface area contributed by atoms with Crippen molar-refractivity contribution in [3.05, 3.63) is 59.3 Å². The molecule has 2 atom stereocenters. The summed E-state index contributed by atoms with van der Waals surface area (Å²) in [5.74, 6) is 0.953. The molecule has 4 heterocycles. The third-order valence-corrected chi connectivity index (χ3v) is 9.07. The van der Waals surface area contributed by atoms with Crippen LogP contribution in [0.25, 0.3) is 16.6 Å². The second-order valence-electron chi connectivity index (χ2n) is 12.4. The molecule has 2 unspecified atom stereocenters. The maximum atomic E-state index is 14.4. The minimum atomic E-state index is -0.428. The lowest BCUT2D eigenvalue weighted by Gasteiger charge is -2.52. The van der Waals surface area contributed by atoms with Crippen molar-refractivity contribution in [3.8, 4) is 5.69 Å². The Morgan fingerprint density at radius 1 is 1.10 bits per heavy atom. The molecule has 0 saturated carbocycles. The van der Waals surface area contributed by atoms with Crippen molar-refractivity contribution in [1.29, 1.82) is 0 Å². The molecule has 0 radical (unpaired) electrons. The number of rotatable bonds is 6. The summed E-state index contributed by atoms with van der Waals surface area (Å²) >= 11 is 0. The Bertz CT molecular complexity index is 1410. The van der Waals surface area contributed by atoms with Gasteiger partial charge in [0, 0.05) is 70.0 Å². The van der Waals surface area contributed by atoms with Crippen LogP contribution in [-0.4, -0.2) is 81.4 Å². The number of hydrogen-bond donors (Lipinski definition) is 0. The zero-order chi connectivity index (χ0) is 28.9. The number of piperidine rings is 1. The summed E-state index contributed by atoms with van der Waals surface area (Å²) in [4.78, 5) is 36.0. The Hall–Kier alpha value is -3.26. The van der Waals surface area contributed by atoms with Gasteiger partial charge in [0.1, 0.15) is 5.82 Å². The van der Waals surface area contributed by atoms with Crippen LogP contribution in [0.4, 0.5) is 4.39 Å². The standard InChI is InChI=1S/C32H42FN5O2/c1-19(2)35(7)32(40)27-11-26(33)8-9-28(27)38-18-25(30-20(3)12-34-13-29(30)38)10-24-16-37(17-24)31-21(4)14-36(23(6)39)15-22(31)5/h8-9,11-13,18-19,21-22,24,31H,10,14-17H2,1-7H3. The molecule has 2 aromatic heterocycles. The number of carbonyl (C=O) groups excluding carboxylic acids is 2. The van der Waals surface area contributed by atoms with Crippen molar-refractivity contribution in [3.63, 3.8) is 0 Å². The first-order chi connectivity index (χ1) is 19.0. The second kappa shape index (κ2) is 11.0. The van der Waals surface area contributed by atoms with Crippen LogP contribution in [0.2, 0.25) is 0 Å². The molecule has 7 nitrogen and oxygen atoms in total. The van der Waals surface area contributed by atoms with Crippen molar-refractivity contribution in [2.24, 2.45) is 17.8 Å². The highest BCUT2D eigenvalue weighted by Gasteiger charge is 2.41. The molecule has 2 amide bonds. The molecule has 5 rings (SSSR count). The average Bonchev–Trinajstić information content (AvgIpc) is 3.24. The maximum absolute atomic E-state index is 14.4. The number of carbonyl (C=O) groups is 2. The first-order valence-electron chi connectivity index (χ1n) is 14.5. The molecule has 214 valence electrons. The molecular formula is C32H42FN5O2.